The Hall–Kier alpha value is -1.55. The summed E-state index contributed by atoms with van der Waals surface area (Å²) in [5.41, 5.74) is 1.75. The van der Waals surface area contributed by atoms with E-state index in [1.54, 1.807) is 0 Å². The lowest BCUT2D eigenvalue weighted by molar-refractivity contribution is -0.112. The van der Waals surface area contributed by atoms with Crippen LogP contribution in [0.1, 0.15) is 12.5 Å². The van der Waals surface area contributed by atoms with Gasteiger partial charge in [-0.25, -0.2) is 0 Å². The van der Waals surface area contributed by atoms with Crippen LogP contribution in [0.2, 0.25) is 0 Å². The number of anilines is 1. The zero-order valence-electron chi connectivity index (χ0n) is 10.2. The van der Waals surface area contributed by atoms with Crippen molar-refractivity contribution in [3.63, 3.8) is 0 Å². The quantitative estimate of drug-likeness (QED) is 0.496. The lowest BCUT2D eigenvalue weighted by Gasteiger charge is -2.08. The molecule has 0 aliphatic heterocycles. The zero-order chi connectivity index (χ0) is 13.5. The Morgan fingerprint density at radius 1 is 1.56 bits per heavy atom. The van der Waals surface area contributed by atoms with E-state index in [0.29, 0.717) is 6.54 Å². The second-order valence-electron chi connectivity index (χ2n) is 3.64. The molecule has 0 radical (unpaired) electrons. The number of benzene rings is 1. The van der Waals surface area contributed by atoms with Crippen LogP contribution in [-0.4, -0.2) is 12.5 Å². The van der Waals surface area contributed by atoms with Gasteiger partial charge in [-0.3, -0.25) is 4.79 Å². The Bertz CT molecular complexity index is 517. The van der Waals surface area contributed by atoms with Gasteiger partial charge in [-0.2, -0.15) is 5.26 Å². The van der Waals surface area contributed by atoms with Crippen molar-refractivity contribution >= 4 is 34.2 Å². The first-order chi connectivity index (χ1) is 8.58. The summed E-state index contributed by atoms with van der Waals surface area (Å²) in [5, 5.41) is 14.5. The topological polar surface area (TPSA) is 64.9 Å². The molecule has 5 heteroatoms. The molecule has 0 heterocycles. The molecule has 0 bridgehead atoms. The van der Waals surface area contributed by atoms with Gasteiger partial charge in [0.15, 0.2) is 0 Å². The van der Waals surface area contributed by atoms with Crippen LogP contribution in [-0.2, 0) is 4.79 Å². The number of hydrogen-bond acceptors (Lipinski definition) is 3. The molecule has 1 rings (SSSR count). The number of carbonyl (C=O) groups is 1. The predicted molar refractivity (Wildman–Crippen MR) is 79.9 cm³/mol. The summed E-state index contributed by atoms with van der Waals surface area (Å²) in [5.74, 6) is -0.400. The van der Waals surface area contributed by atoms with Gasteiger partial charge in [-0.15, -0.1) is 0 Å². The van der Waals surface area contributed by atoms with Crippen molar-refractivity contribution in [2.75, 3.05) is 11.9 Å². The van der Waals surface area contributed by atoms with Gasteiger partial charge in [0.25, 0.3) is 5.91 Å². The predicted octanol–water partition coefficient (Wildman–Crippen LogP) is 2.56. The molecule has 94 valence electrons. The highest BCUT2D eigenvalue weighted by molar-refractivity contribution is 14.1. The fourth-order valence-corrected chi connectivity index (χ4v) is 1.96. The van der Waals surface area contributed by atoms with Gasteiger partial charge in [-0.1, -0.05) is 0 Å². The molecule has 1 aromatic carbocycles. The Labute approximate surface area is 120 Å². The minimum atomic E-state index is -0.400. The second-order valence-corrected chi connectivity index (χ2v) is 4.89. The van der Waals surface area contributed by atoms with E-state index in [1.807, 2.05) is 38.1 Å². The third kappa shape index (κ3) is 4.04. The molecule has 0 unspecified atom stereocenters. The number of halogens is 1. The van der Waals surface area contributed by atoms with Crippen molar-refractivity contribution in [1.29, 1.82) is 5.26 Å². The highest BCUT2D eigenvalue weighted by Crippen LogP contribution is 2.18. The van der Waals surface area contributed by atoms with E-state index in [1.165, 1.54) is 6.20 Å². The van der Waals surface area contributed by atoms with E-state index < -0.39 is 5.91 Å². The van der Waals surface area contributed by atoms with Crippen molar-refractivity contribution in [1.82, 2.24) is 5.32 Å². The molecular weight excluding hydrogens is 341 g/mol. The van der Waals surface area contributed by atoms with Crippen LogP contribution in [0.5, 0.6) is 0 Å². The normalized spacial score (nSPS) is 10.7. The largest absolute Gasteiger partial charge is 0.390 e. The molecular formula is C13H14IN3O. The molecule has 0 saturated carbocycles. The maximum Gasteiger partial charge on any atom is 0.267 e. The molecule has 1 aromatic rings. The lowest BCUT2D eigenvalue weighted by atomic mass is 10.2. The Balaban J connectivity index is 2.84. The fraction of sp³-hybridized carbons (Fsp3) is 0.231. The monoisotopic (exact) mass is 355 g/mol. The molecule has 18 heavy (non-hydrogen) atoms. The van der Waals surface area contributed by atoms with Gasteiger partial charge < -0.3 is 10.6 Å². The highest BCUT2D eigenvalue weighted by Gasteiger charge is 2.10. The van der Waals surface area contributed by atoms with Crippen LogP contribution in [0.3, 0.4) is 0 Å². The van der Waals surface area contributed by atoms with E-state index in [4.69, 9.17) is 5.26 Å². The minimum absolute atomic E-state index is 0.0646. The van der Waals surface area contributed by atoms with E-state index in [9.17, 15) is 4.79 Å². The Morgan fingerprint density at radius 3 is 2.83 bits per heavy atom. The molecule has 2 N–H and O–H groups in total. The number of nitriles is 1. The molecule has 0 aliphatic carbocycles. The number of aryl methyl sites for hydroxylation is 1. The Kier molecular flexibility index (Phi) is 5.65. The number of carbonyl (C=O) groups excluding carboxylic acids is 1. The van der Waals surface area contributed by atoms with Crippen LogP contribution in [0.15, 0.2) is 30.0 Å². The summed E-state index contributed by atoms with van der Waals surface area (Å²) in [6, 6.07) is 7.58. The summed E-state index contributed by atoms with van der Waals surface area (Å²) in [4.78, 5) is 11.8. The van der Waals surface area contributed by atoms with Crippen molar-refractivity contribution in [2.45, 2.75) is 13.8 Å². The molecule has 0 aromatic heterocycles. The van der Waals surface area contributed by atoms with Crippen LogP contribution in [0.4, 0.5) is 5.69 Å². The standard InChI is InChI=1S/C13H14IN3O/c1-3-16-8-10(7-15)13(18)17-12-5-4-11(14)6-9(12)2/h4-6,8,16H,3H2,1-2H3,(H,17,18)/b10-8-. The van der Waals surface area contributed by atoms with E-state index in [0.717, 1.165) is 14.8 Å². The Morgan fingerprint density at radius 2 is 2.28 bits per heavy atom. The van der Waals surface area contributed by atoms with Crippen molar-refractivity contribution in [3.8, 4) is 6.07 Å². The van der Waals surface area contributed by atoms with Gasteiger partial charge in [0, 0.05) is 22.0 Å². The lowest BCUT2D eigenvalue weighted by Crippen LogP contribution is -2.17. The van der Waals surface area contributed by atoms with E-state index in [2.05, 4.69) is 33.2 Å². The number of hydrogen-bond donors (Lipinski definition) is 2. The molecule has 1 amide bonds. The summed E-state index contributed by atoms with van der Waals surface area (Å²) in [6.07, 6.45) is 1.43. The van der Waals surface area contributed by atoms with Crippen LogP contribution in [0, 0.1) is 21.8 Å². The van der Waals surface area contributed by atoms with Gasteiger partial charge >= 0.3 is 0 Å². The first-order valence-electron chi connectivity index (χ1n) is 5.49. The van der Waals surface area contributed by atoms with Crippen LogP contribution < -0.4 is 10.6 Å². The van der Waals surface area contributed by atoms with Crippen LogP contribution in [0.25, 0.3) is 0 Å². The molecule has 0 aliphatic rings. The molecule has 0 spiro atoms. The van der Waals surface area contributed by atoms with Gasteiger partial charge in [-0.05, 0) is 60.2 Å². The second kappa shape index (κ2) is 7.01. The maximum absolute atomic E-state index is 11.8. The third-order valence-electron chi connectivity index (χ3n) is 2.25. The highest BCUT2D eigenvalue weighted by atomic mass is 127. The smallest absolute Gasteiger partial charge is 0.267 e. The van der Waals surface area contributed by atoms with E-state index >= 15 is 0 Å². The van der Waals surface area contributed by atoms with Gasteiger partial charge in [0.1, 0.15) is 11.6 Å². The van der Waals surface area contributed by atoms with Crippen molar-refractivity contribution < 1.29 is 4.79 Å². The van der Waals surface area contributed by atoms with Crippen LogP contribution >= 0.6 is 22.6 Å². The minimum Gasteiger partial charge on any atom is -0.390 e. The number of amides is 1. The molecule has 4 nitrogen and oxygen atoms in total. The first kappa shape index (κ1) is 14.5. The molecule has 0 fully saturated rings. The fourth-order valence-electron chi connectivity index (χ4n) is 1.31. The zero-order valence-corrected chi connectivity index (χ0v) is 12.4. The number of nitrogens with one attached hydrogen (secondary N) is 2. The summed E-state index contributed by atoms with van der Waals surface area (Å²) in [6.45, 7) is 4.48. The first-order valence-corrected chi connectivity index (χ1v) is 6.57. The SMILES string of the molecule is CCN/C=C(/C#N)C(=O)Nc1ccc(I)cc1C. The maximum atomic E-state index is 11.8. The third-order valence-corrected chi connectivity index (χ3v) is 2.92. The average molecular weight is 355 g/mol. The van der Waals surface area contributed by atoms with Gasteiger partial charge in [0.2, 0.25) is 0 Å². The van der Waals surface area contributed by atoms with E-state index in [-0.39, 0.29) is 5.57 Å². The average Bonchev–Trinajstić information content (AvgIpc) is 2.34. The van der Waals surface area contributed by atoms with Crippen molar-refractivity contribution in [3.05, 3.63) is 39.1 Å². The number of nitrogens with zero attached hydrogens (tertiary/aromatic N) is 1. The number of rotatable bonds is 4. The summed E-state index contributed by atoms with van der Waals surface area (Å²) in [7, 11) is 0. The van der Waals surface area contributed by atoms with Crippen molar-refractivity contribution in [2.24, 2.45) is 0 Å². The van der Waals surface area contributed by atoms with Gasteiger partial charge in [0.05, 0.1) is 0 Å². The molecule has 0 atom stereocenters. The summed E-state index contributed by atoms with van der Waals surface area (Å²) < 4.78 is 1.10. The summed E-state index contributed by atoms with van der Waals surface area (Å²) >= 11 is 2.21. The molecule has 0 saturated heterocycles.